The van der Waals surface area contributed by atoms with E-state index < -0.39 is 11.9 Å². The number of carbonyl (C=O) groups excluding carboxylic acids is 3. The molecule has 0 saturated heterocycles. The van der Waals surface area contributed by atoms with E-state index in [-0.39, 0.29) is 43.5 Å². The number of rotatable bonds is 8. The number of hydrogen-bond acceptors (Lipinski definition) is 7. The minimum absolute atomic E-state index is 0.0542. The Morgan fingerprint density at radius 2 is 2.00 bits per heavy atom. The van der Waals surface area contributed by atoms with Gasteiger partial charge in [-0.05, 0) is 18.2 Å². The largest absolute Gasteiger partial charge is 0.466 e. The van der Waals surface area contributed by atoms with Gasteiger partial charge in [0.2, 0.25) is 5.91 Å². The summed E-state index contributed by atoms with van der Waals surface area (Å²) in [5.41, 5.74) is 1.29. The number of methoxy groups -OCH3 is 2. The first-order valence-corrected chi connectivity index (χ1v) is 7.87. The van der Waals surface area contributed by atoms with Crippen molar-refractivity contribution in [1.29, 1.82) is 0 Å². The zero-order valence-electron chi connectivity index (χ0n) is 14.6. The molecule has 0 fully saturated rings. The van der Waals surface area contributed by atoms with Crippen LogP contribution in [0.5, 0.6) is 0 Å². The molecule has 1 aromatic carbocycles. The molecule has 1 heterocycles. The van der Waals surface area contributed by atoms with E-state index in [4.69, 9.17) is 14.6 Å². The highest BCUT2D eigenvalue weighted by atomic mass is 16.5. The maximum Gasteiger partial charge on any atom is 0.337 e. The maximum absolute atomic E-state index is 12.5. The third-order valence-electron chi connectivity index (χ3n) is 3.64. The van der Waals surface area contributed by atoms with Crippen molar-refractivity contribution < 1.29 is 29.0 Å². The van der Waals surface area contributed by atoms with Gasteiger partial charge in [-0.1, -0.05) is 6.07 Å². The number of anilines is 2. The average Bonchev–Trinajstić information content (AvgIpc) is 2.91. The lowest BCUT2D eigenvalue weighted by atomic mass is 10.2. The van der Waals surface area contributed by atoms with E-state index in [1.807, 2.05) is 0 Å². The van der Waals surface area contributed by atoms with Crippen LogP contribution in [0, 0.1) is 0 Å². The molecule has 0 unspecified atom stereocenters. The molecule has 1 aromatic rings. The number of nitrogens with one attached hydrogen (secondary N) is 2. The minimum Gasteiger partial charge on any atom is -0.466 e. The van der Waals surface area contributed by atoms with Crippen LogP contribution in [0.15, 0.2) is 35.5 Å². The van der Waals surface area contributed by atoms with Crippen LogP contribution in [-0.4, -0.2) is 68.3 Å². The van der Waals surface area contributed by atoms with E-state index >= 15 is 0 Å². The van der Waals surface area contributed by atoms with Crippen molar-refractivity contribution >= 4 is 29.2 Å². The summed E-state index contributed by atoms with van der Waals surface area (Å²) in [5, 5.41) is 14.6. The molecule has 0 spiro atoms. The molecule has 2 amide bonds. The summed E-state index contributed by atoms with van der Waals surface area (Å²) in [6.07, 6.45) is 0. The molecule has 0 radical (unpaired) electrons. The lowest BCUT2D eigenvalue weighted by Crippen LogP contribution is -2.31. The predicted octanol–water partition coefficient (Wildman–Crippen LogP) is -0.0550. The molecule has 26 heavy (non-hydrogen) atoms. The number of carbonyl (C=O) groups is 3. The van der Waals surface area contributed by atoms with Crippen molar-refractivity contribution in [2.75, 3.05) is 51.2 Å². The predicted molar refractivity (Wildman–Crippen MR) is 93.3 cm³/mol. The molecule has 0 saturated carbocycles. The van der Waals surface area contributed by atoms with Crippen LogP contribution in [0.25, 0.3) is 0 Å². The Morgan fingerprint density at radius 1 is 1.27 bits per heavy atom. The zero-order valence-corrected chi connectivity index (χ0v) is 14.6. The summed E-state index contributed by atoms with van der Waals surface area (Å²) in [6.45, 7) is -0.130. The number of hydrogen-bond donors (Lipinski definition) is 3. The van der Waals surface area contributed by atoms with Crippen LogP contribution in [0.3, 0.4) is 0 Å². The Bertz CT molecular complexity index is 731. The molecule has 0 bridgehead atoms. The van der Waals surface area contributed by atoms with Gasteiger partial charge in [0, 0.05) is 25.0 Å². The number of aliphatic hydroxyl groups excluding tert-OH is 1. The molecule has 1 aliphatic rings. The lowest BCUT2D eigenvalue weighted by molar-refractivity contribution is -0.136. The fourth-order valence-electron chi connectivity index (χ4n) is 2.50. The quantitative estimate of drug-likeness (QED) is 0.554. The summed E-state index contributed by atoms with van der Waals surface area (Å²) in [4.78, 5) is 37.4. The zero-order chi connectivity index (χ0) is 19.1. The molecule has 0 atom stereocenters. The second-order valence-electron chi connectivity index (χ2n) is 5.48. The SMILES string of the molecule is COCC(=O)Nc1cccc(NC2=C(C(=O)OC)CN(CCO)C2=O)c1. The molecule has 9 heteroatoms. The van der Waals surface area contributed by atoms with Gasteiger partial charge in [-0.3, -0.25) is 9.59 Å². The second kappa shape index (κ2) is 8.97. The molecule has 140 valence electrons. The van der Waals surface area contributed by atoms with Crippen LogP contribution in [-0.2, 0) is 23.9 Å². The van der Waals surface area contributed by atoms with Crippen LogP contribution < -0.4 is 10.6 Å². The number of benzene rings is 1. The van der Waals surface area contributed by atoms with Crippen molar-refractivity contribution in [2.45, 2.75) is 0 Å². The molecule has 9 nitrogen and oxygen atoms in total. The molecular formula is C17H21N3O6. The van der Waals surface area contributed by atoms with Crippen LogP contribution >= 0.6 is 0 Å². The number of nitrogens with zero attached hydrogens (tertiary/aromatic N) is 1. The number of ether oxygens (including phenoxy) is 2. The number of β-amino-alcohol motifs (C(OH)–C–C–N with tert-alkyl or cyclic N) is 1. The van der Waals surface area contributed by atoms with E-state index in [0.29, 0.717) is 11.4 Å². The number of esters is 1. The van der Waals surface area contributed by atoms with Crippen molar-refractivity contribution in [1.82, 2.24) is 4.90 Å². The molecule has 3 N–H and O–H groups in total. The smallest absolute Gasteiger partial charge is 0.337 e. The molecule has 0 aliphatic carbocycles. The van der Waals surface area contributed by atoms with Crippen molar-refractivity contribution in [2.24, 2.45) is 0 Å². The monoisotopic (exact) mass is 363 g/mol. The topological polar surface area (TPSA) is 117 Å². The Kier molecular flexibility index (Phi) is 6.70. The standard InChI is InChI=1S/C17H21N3O6/c1-25-10-14(22)18-11-4-3-5-12(8-11)19-15-13(17(24)26-2)9-20(6-7-21)16(15)23/h3-5,8,19,21H,6-7,9-10H2,1-2H3,(H,18,22). The molecule has 2 rings (SSSR count). The normalized spacial score (nSPS) is 13.8. The third kappa shape index (κ3) is 4.58. The Balaban J connectivity index is 2.22. The van der Waals surface area contributed by atoms with Gasteiger partial charge < -0.3 is 30.1 Å². The highest BCUT2D eigenvalue weighted by molar-refractivity contribution is 6.08. The van der Waals surface area contributed by atoms with Gasteiger partial charge in [-0.25, -0.2) is 4.79 Å². The van der Waals surface area contributed by atoms with Gasteiger partial charge >= 0.3 is 5.97 Å². The van der Waals surface area contributed by atoms with E-state index in [2.05, 4.69) is 10.6 Å². The second-order valence-corrected chi connectivity index (χ2v) is 5.48. The summed E-state index contributed by atoms with van der Waals surface area (Å²) in [7, 11) is 2.65. The van der Waals surface area contributed by atoms with Gasteiger partial charge in [0.25, 0.3) is 5.91 Å². The minimum atomic E-state index is -0.620. The van der Waals surface area contributed by atoms with E-state index in [0.717, 1.165) is 0 Å². The fourth-order valence-corrected chi connectivity index (χ4v) is 2.50. The third-order valence-corrected chi connectivity index (χ3v) is 3.64. The fraction of sp³-hybridized carbons (Fsp3) is 0.353. The first-order valence-electron chi connectivity index (χ1n) is 7.87. The summed E-state index contributed by atoms with van der Waals surface area (Å²) in [5.74, 6) is -1.34. The summed E-state index contributed by atoms with van der Waals surface area (Å²) in [6, 6.07) is 6.68. The van der Waals surface area contributed by atoms with Crippen LogP contribution in [0.1, 0.15) is 0 Å². The van der Waals surface area contributed by atoms with Crippen molar-refractivity contribution in [3.8, 4) is 0 Å². The van der Waals surface area contributed by atoms with Crippen molar-refractivity contribution in [3.05, 3.63) is 35.5 Å². The lowest BCUT2D eigenvalue weighted by Gasteiger charge is -2.15. The Labute approximate surface area is 150 Å². The summed E-state index contributed by atoms with van der Waals surface area (Å²) < 4.78 is 9.49. The first kappa shape index (κ1) is 19.4. The molecule has 0 aromatic heterocycles. The van der Waals surface area contributed by atoms with Gasteiger partial charge in [0.15, 0.2) is 0 Å². The highest BCUT2D eigenvalue weighted by Gasteiger charge is 2.34. The maximum atomic E-state index is 12.5. The number of aliphatic hydroxyl groups is 1. The Hall–Kier alpha value is -2.91. The number of amides is 2. The molecular weight excluding hydrogens is 342 g/mol. The van der Waals surface area contributed by atoms with Gasteiger partial charge in [0.05, 0.1) is 25.8 Å². The van der Waals surface area contributed by atoms with E-state index in [9.17, 15) is 14.4 Å². The highest BCUT2D eigenvalue weighted by Crippen LogP contribution is 2.24. The van der Waals surface area contributed by atoms with Gasteiger partial charge in [-0.15, -0.1) is 0 Å². The van der Waals surface area contributed by atoms with Gasteiger partial charge in [-0.2, -0.15) is 0 Å². The van der Waals surface area contributed by atoms with Crippen LogP contribution in [0.2, 0.25) is 0 Å². The van der Waals surface area contributed by atoms with Crippen molar-refractivity contribution in [3.63, 3.8) is 0 Å². The van der Waals surface area contributed by atoms with Gasteiger partial charge in [0.1, 0.15) is 12.3 Å². The van der Waals surface area contributed by atoms with Crippen LogP contribution in [0.4, 0.5) is 11.4 Å². The Morgan fingerprint density at radius 3 is 2.65 bits per heavy atom. The van der Waals surface area contributed by atoms with E-state index in [1.54, 1.807) is 24.3 Å². The first-order chi connectivity index (χ1) is 12.5. The van der Waals surface area contributed by atoms with E-state index in [1.165, 1.54) is 19.1 Å². The summed E-state index contributed by atoms with van der Waals surface area (Å²) >= 11 is 0. The molecule has 1 aliphatic heterocycles. The average molecular weight is 363 g/mol.